The molecule has 7 heteroatoms. The second-order valence-corrected chi connectivity index (χ2v) is 8.97. The lowest BCUT2D eigenvalue weighted by Gasteiger charge is -2.18. The Hall–Kier alpha value is -4.49. The lowest BCUT2D eigenvalue weighted by Crippen LogP contribution is -2.30. The van der Waals surface area contributed by atoms with E-state index in [4.69, 9.17) is 4.74 Å². The zero-order chi connectivity index (χ0) is 25.8. The Morgan fingerprint density at radius 3 is 2.51 bits per heavy atom. The molecule has 2 aromatic heterocycles. The number of fused-ring (bicyclic) bond motifs is 1. The molecule has 7 nitrogen and oxygen atoms in total. The summed E-state index contributed by atoms with van der Waals surface area (Å²) < 4.78 is 6.54. The molecule has 0 aliphatic carbocycles. The molecule has 2 heterocycles. The van der Waals surface area contributed by atoms with Crippen molar-refractivity contribution in [1.82, 2.24) is 20.1 Å². The number of hydrogen-bond acceptors (Lipinski definition) is 5. The van der Waals surface area contributed by atoms with Gasteiger partial charge in [-0.05, 0) is 41.3 Å². The van der Waals surface area contributed by atoms with E-state index in [1.54, 1.807) is 23.0 Å². The zero-order valence-corrected chi connectivity index (χ0v) is 20.8. The second kappa shape index (κ2) is 10.6. The van der Waals surface area contributed by atoms with E-state index < -0.39 is 6.04 Å². The van der Waals surface area contributed by atoms with E-state index in [0.717, 1.165) is 33.2 Å². The number of esters is 1. The van der Waals surface area contributed by atoms with Gasteiger partial charge in [0.25, 0.3) is 0 Å². The van der Waals surface area contributed by atoms with Crippen molar-refractivity contribution in [1.29, 1.82) is 0 Å². The van der Waals surface area contributed by atoms with Gasteiger partial charge in [-0.25, -0.2) is 4.79 Å². The highest BCUT2D eigenvalue weighted by molar-refractivity contribution is 6.11. The second-order valence-electron chi connectivity index (χ2n) is 8.97. The number of nitrogens with zero attached hydrogens (tertiary/aromatic N) is 2. The number of H-pyrrole nitrogens is 1. The number of benzene rings is 3. The van der Waals surface area contributed by atoms with Gasteiger partial charge in [0.2, 0.25) is 0 Å². The summed E-state index contributed by atoms with van der Waals surface area (Å²) in [6, 6.07) is 22.7. The molecule has 0 aliphatic heterocycles. The maximum absolute atomic E-state index is 13.8. The van der Waals surface area contributed by atoms with E-state index in [1.165, 1.54) is 7.11 Å². The van der Waals surface area contributed by atoms with E-state index in [1.807, 2.05) is 80.1 Å². The van der Waals surface area contributed by atoms with Gasteiger partial charge in [0.1, 0.15) is 0 Å². The van der Waals surface area contributed by atoms with Crippen molar-refractivity contribution in [3.63, 3.8) is 0 Å². The number of carbonyl (C=O) groups is 2. The number of ether oxygens (including phenoxy) is 1. The molecule has 186 valence electrons. The molecule has 1 unspecified atom stereocenters. The van der Waals surface area contributed by atoms with Crippen LogP contribution in [-0.2, 0) is 18.2 Å². The fourth-order valence-electron chi connectivity index (χ4n) is 4.53. The Morgan fingerprint density at radius 2 is 1.81 bits per heavy atom. The van der Waals surface area contributed by atoms with Crippen molar-refractivity contribution < 1.29 is 14.3 Å². The summed E-state index contributed by atoms with van der Waals surface area (Å²) in [6.07, 6.45) is 6.30. The van der Waals surface area contributed by atoms with Gasteiger partial charge in [-0.1, -0.05) is 54.6 Å². The van der Waals surface area contributed by atoms with Gasteiger partial charge in [-0.15, -0.1) is 0 Å². The summed E-state index contributed by atoms with van der Waals surface area (Å²) >= 11 is 0. The molecule has 0 fully saturated rings. The number of ketones is 1. The summed E-state index contributed by atoms with van der Waals surface area (Å²) in [7, 11) is 3.26. The first-order valence-corrected chi connectivity index (χ1v) is 12.1. The van der Waals surface area contributed by atoms with Crippen LogP contribution in [0.5, 0.6) is 0 Å². The van der Waals surface area contributed by atoms with Gasteiger partial charge < -0.3 is 15.0 Å². The van der Waals surface area contributed by atoms with Crippen LogP contribution < -0.4 is 5.32 Å². The van der Waals surface area contributed by atoms with Crippen molar-refractivity contribution in [2.45, 2.75) is 12.5 Å². The molecule has 0 radical (unpaired) electrons. The van der Waals surface area contributed by atoms with Crippen LogP contribution in [0.15, 0.2) is 91.4 Å². The first kappa shape index (κ1) is 24.2. The number of nitrogens with one attached hydrogen (secondary N) is 2. The van der Waals surface area contributed by atoms with Gasteiger partial charge in [0.15, 0.2) is 5.78 Å². The summed E-state index contributed by atoms with van der Waals surface area (Å²) in [5.74, 6) is -0.349. The summed E-state index contributed by atoms with van der Waals surface area (Å²) in [5, 5.41) is 8.60. The molecule has 37 heavy (non-hydrogen) atoms. The maximum atomic E-state index is 13.8. The van der Waals surface area contributed by atoms with E-state index in [0.29, 0.717) is 24.1 Å². The summed E-state index contributed by atoms with van der Waals surface area (Å²) in [5.41, 5.74) is 6.11. The summed E-state index contributed by atoms with van der Waals surface area (Å²) in [4.78, 5) is 28.8. The largest absolute Gasteiger partial charge is 0.465 e. The average Bonchev–Trinajstić information content (AvgIpc) is 3.57. The number of aromatic nitrogens is 3. The molecule has 0 spiro atoms. The number of hydrogen-bond donors (Lipinski definition) is 2. The van der Waals surface area contributed by atoms with Crippen LogP contribution in [0.4, 0.5) is 0 Å². The third-order valence-electron chi connectivity index (χ3n) is 6.52. The normalized spacial score (nSPS) is 11.9. The Bertz CT molecular complexity index is 1530. The van der Waals surface area contributed by atoms with Crippen molar-refractivity contribution >= 4 is 22.7 Å². The minimum Gasteiger partial charge on any atom is -0.465 e. The SMILES string of the molecule is COC(=O)c1ccc(CCNC(C(=O)c2c[nH]c3cc(-c4cnn(C)c4)ccc23)c2ccccc2)cc1. The first-order valence-electron chi connectivity index (χ1n) is 12.1. The van der Waals surface area contributed by atoms with Crippen LogP contribution >= 0.6 is 0 Å². The molecule has 3 aromatic carbocycles. The van der Waals surface area contributed by atoms with Crippen LogP contribution in [0, 0.1) is 0 Å². The number of Topliss-reactive ketones (excluding diaryl/α,β-unsaturated/α-hetero) is 1. The van der Waals surface area contributed by atoms with Crippen molar-refractivity contribution in [3.05, 3.63) is 114 Å². The fraction of sp³-hybridized carbons (Fsp3) is 0.167. The molecule has 0 saturated heterocycles. The van der Waals surface area contributed by atoms with E-state index in [9.17, 15) is 9.59 Å². The van der Waals surface area contributed by atoms with Crippen LogP contribution in [0.1, 0.15) is 37.9 Å². The number of carbonyl (C=O) groups excluding carboxylic acids is 2. The smallest absolute Gasteiger partial charge is 0.337 e. The molecule has 2 N–H and O–H groups in total. The topological polar surface area (TPSA) is 89.0 Å². The number of aromatic amines is 1. The molecule has 0 amide bonds. The first-order chi connectivity index (χ1) is 18.0. The molecule has 5 aromatic rings. The summed E-state index contributed by atoms with van der Waals surface area (Å²) in [6.45, 7) is 0.594. The van der Waals surface area contributed by atoms with Crippen LogP contribution in [-0.4, -0.2) is 40.2 Å². The highest BCUT2D eigenvalue weighted by Gasteiger charge is 2.24. The quantitative estimate of drug-likeness (QED) is 0.220. The number of methoxy groups -OCH3 is 1. The third-order valence-corrected chi connectivity index (χ3v) is 6.52. The van der Waals surface area contributed by atoms with E-state index in [-0.39, 0.29) is 11.8 Å². The fourth-order valence-corrected chi connectivity index (χ4v) is 4.53. The molecular weight excluding hydrogens is 464 g/mol. The standard InChI is InChI=1S/C30H28N4O3/c1-34-19-24(17-33-34)23-12-13-25-26(18-32-27(25)16-23)29(35)28(21-6-4-3-5-7-21)31-15-14-20-8-10-22(11-9-20)30(36)37-2/h3-13,16-19,28,31-32H,14-15H2,1-2H3. The lowest BCUT2D eigenvalue weighted by molar-refractivity contribution is 0.0600. The predicted molar refractivity (Wildman–Crippen MR) is 144 cm³/mol. The predicted octanol–water partition coefficient (Wildman–Crippen LogP) is 5.11. The highest BCUT2D eigenvalue weighted by atomic mass is 16.5. The van der Waals surface area contributed by atoms with Crippen molar-refractivity contribution in [3.8, 4) is 11.1 Å². The third kappa shape index (κ3) is 5.22. The van der Waals surface area contributed by atoms with Gasteiger partial charge in [0.05, 0.1) is 24.9 Å². The van der Waals surface area contributed by atoms with Crippen LogP contribution in [0.2, 0.25) is 0 Å². The molecule has 0 aliphatic rings. The Morgan fingerprint density at radius 1 is 1.03 bits per heavy atom. The van der Waals surface area contributed by atoms with Crippen molar-refractivity contribution in [2.75, 3.05) is 13.7 Å². The zero-order valence-electron chi connectivity index (χ0n) is 20.8. The molecular formula is C30H28N4O3. The number of rotatable bonds is 9. The van der Waals surface area contributed by atoms with E-state index in [2.05, 4.69) is 15.4 Å². The van der Waals surface area contributed by atoms with Crippen LogP contribution in [0.25, 0.3) is 22.0 Å². The minimum atomic E-state index is -0.493. The molecule has 5 rings (SSSR count). The molecule has 0 saturated carbocycles. The Balaban J connectivity index is 1.36. The van der Waals surface area contributed by atoms with Gasteiger partial charge in [-0.2, -0.15) is 5.10 Å². The molecule has 1 atom stereocenters. The van der Waals surface area contributed by atoms with E-state index >= 15 is 0 Å². The average molecular weight is 493 g/mol. The molecule has 0 bridgehead atoms. The monoisotopic (exact) mass is 492 g/mol. The number of aryl methyl sites for hydroxylation is 1. The van der Waals surface area contributed by atoms with Gasteiger partial charge >= 0.3 is 5.97 Å². The Kier molecular flexibility index (Phi) is 6.96. The van der Waals surface area contributed by atoms with Gasteiger partial charge in [-0.3, -0.25) is 9.48 Å². The van der Waals surface area contributed by atoms with Crippen molar-refractivity contribution in [2.24, 2.45) is 7.05 Å². The Labute approximate surface area is 215 Å². The minimum absolute atomic E-state index is 0.00705. The lowest BCUT2D eigenvalue weighted by atomic mass is 9.96. The van der Waals surface area contributed by atoms with Crippen LogP contribution in [0.3, 0.4) is 0 Å². The highest BCUT2D eigenvalue weighted by Crippen LogP contribution is 2.28. The maximum Gasteiger partial charge on any atom is 0.337 e. The van der Waals surface area contributed by atoms with Gasteiger partial charge in [0, 0.05) is 48.0 Å².